The monoisotopic (exact) mass is 602 g/mol. The highest BCUT2D eigenvalue weighted by Gasteiger charge is 2.35. The molecule has 206 valence electrons. The van der Waals surface area contributed by atoms with Gasteiger partial charge >= 0.3 is 0 Å². The Balaban J connectivity index is 1.51. The zero-order valence-corrected chi connectivity index (χ0v) is 24.9. The molecule has 1 aliphatic rings. The Morgan fingerprint density at radius 2 is 1.82 bits per heavy atom. The highest BCUT2D eigenvalue weighted by Crippen LogP contribution is 2.43. The maximum absolute atomic E-state index is 13.7. The number of carbonyl (C=O) groups is 1. The minimum absolute atomic E-state index is 0.262. The maximum Gasteiger partial charge on any atom is 0.255 e. The Hall–Kier alpha value is -4.18. The Bertz CT molecular complexity index is 1640. The molecular formula is C30H31BrN6O3. The van der Waals surface area contributed by atoms with Crippen molar-refractivity contribution in [3.8, 4) is 11.5 Å². The highest BCUT2D eigenvalue weighted by atomic mass is 79.9. The van der Waals surface area contributed by atoms with Crippen molar-refractivity contribution in [2.75, 3.05) is 17.7 Å². The van der Waals surface area contributed by atoms with Crippen LogP contribution in [0.2, 0.25) is 0 Å². The molecule has 3 aromatic carbocycles. The molecule has 1 aliphatic heterocycles. The van der Waals surface area contributed by atoms with E-state index in [1.54, 1.807) is 11.8 Å². The van der Waals surface area contributed by atoms with Crippen molar-refractivity contribution in [3.63, 3.8) is 0 Å². The summed E-state index contributed by atoms with van der Waals surface area (Å²) in [4.78, 5) is 13.7. The number of methoxy groups -OCH3 is 1. The Labute approximate surface area is 241 Å². The molecule has 0 saturated carbocycles. The van der Waals surface area contributed by atoms with Crippen LogP contribution in [0.3, 0.4) is 0 Å². The van der Waals surface area contributed by atoms with E-state index in [1.807, 2.05) is 50.2 Å². The van der Waals surface area contributed by atoms with Crippen molar-refractivity contribution < 1.29 is 14.3 Å². The summed E-state index contributed by atoms with van der Waals surface area (Å²) in [5.41, 5.74) is 8.37. The third kappa shape index (κ3) is 5.31. The first kappa shape index (κ1) is 27.4. The van der Waals surface area contributed by atoms with Crippen LogP contribution in [-0.2, 0) is 11.4 Å². The van der Waals surface area contributed by atoms with Crippen LogP contribution >= 0.6 is 15.9 Å². The Morgan fingerprint density at radius 1 is 1.05 bits per heavy atom. The van der Waals surface area contributed by atoms with E-state index in [4.69, 9.17) is 9.47 Å². The molecule has 1 atom stereocenters. The quantitative estimate of drug-likeness (QED) is 0.260. The lowest BCUT2D eigenvalue weighted by Crippen LogP contribution is -2.31. The topological polar surface area (TPSA) is 103 Å². The molecular weight excluding hydrogens is 572 g/mol. The van der Waals surface area contributed by atoms with Gasteiger partial charge in [0.2, 0.25) is 5.95 Å². The molecule has 0 spiro atoms. The average Bonchev–Trinajstić information content (AvgIpc) is 3.37. The van der Waals surface area contributed by atoms with Crippen LogP contribution in [0.4, 0.5) is 11.6 Å². The molecule has 1 aromatic heterocycles. The first-order valence-corrected chi connectivity index (χ1v) is 13.7. The van der Waals surface area contributed by atoms with Crippen LogP contribution in [0, 0.1) is 27.7 Å². The number of hydrogen-bond donors (Lipinski definition) is 2. The molecule has 0 fully saturated rings. The molecule has 40 heavy (non-hydrogen) atoms. The highest BCUT2D eigenvalue weighted by molar-refractivity contribution is 9.10. The van der Waals surface area contributed by atoms with Gasteiger partial charge in [0.05, 0.1) is 17.2 Å². The van der Waals surface area contributed by atoms with E-state index in [1.165, 1.54) is 16.7 Å². The number of fused-ring (bicyclic) bond motifs is 1. The fraction of sp³-hybridized carbons (Fsp3) is 0.267. The summed E-state index contributed by atoms with van der Waals surface area (Å²) in [6, 6.07) is 15.2. The lowest BCUT2D eigenvalue weighted by molar-refractivity contribution is -0.113. The summed E-state index contributed by atoms with van der Waals surface area (Å²) in [6.45, 7) is 10.5. The minimum Gasteiger partial charge on any atom is -0.493 e. The van der Waals surface area contributed by atoms with E-state index >= 15 is 0 Å². The molecule has 0 radical (unpaired) electrons. The Kier molecular flexibility index (Phi) is 7.62. The van der Waals surface area contributed by atoms with Gasteiger partial charge in [-0.3, -0.25) is 4.79 Å². The average molecular weight is 604 g/mol. The third-order valence-corrected chi connectivity index (χ3v) is 7.72. The van der Waals surface area contributed by atoms with Crippen molar-refractivity contribution in [1.82, 2.24) is 20.2 Å². The van der Waals surface area contributed by atoms with Crippen molar-refractivity contribution in [2.45, 2.75) is 47.3 Å². The predicted molar refractivity (Wildman–Crippen MR) is 158 cm³/mol. The van der Waals surface area contributed by atoms with Crippen LogP contribution in [0.5, 0.6) is 11.5 Å². The number of ether oxygens (including phenoxy) is 2. The van der Waals surface area contributed by atoms with Gasteiger partial charge in [-0.15, -0.1) is 0 Å². The molecule has 1 unspecified atom stereocenters. The zero-order chi connectivity index (χ0) is 28.6. The second-order valence-electron chi connectivity index (χ2n) is 10.0. The predicted octanol–water partition coefficient (Wildman–Crippen LogP) is 6.18. The largest absolute Gasteiger partial charge is 0.493 e. The van der Waals surface area contributed by atoms with E-state index in [9.17, 15) is 4.79 Å². The first-order chi connectivity index (χ1) is 19.2. The number of amides is 1. The van der Waals surface area contributed by atoms with Gasteiger partial charge in [-0.25, -0.2) is 0 Å². The number of aromatic nitrogens is 4. The number of tetrazole rings is 1. The van der Waals surface area contributed by atoms with Crippen LogP contribution in [0.1, 0.15) is 46.3 Å². The lowest BCUT2D eigenvalue weighted by Gasteiger charge is -2.28. The zero-order valence-electron chi connectivity index (χ0n) is 23.3. The molecule has 0 aliphatic carbocycles. The molecule has 4 aromatic rings. The molecule has 5 rings (SSSR count). The smallest absolute Gasteiger partial charge is 0.255 e. The normalized spacial score (nSPS) is 14.4. The minimum atomic E-state index is -0.614. The number of nitrogens with zero attached hydrogens (tertiary/aromatic N) is 4. The van der Waals surface area contributed by atoms with Crippen LogP contribution in [0.25, 0.3) is 0 Å². The summed E-state index contributed by atoms with van der Waals surface area (Å²) in [5.74, 6) is 1.27. The second-order valence-corrected chi connectivity index (χ2v) is 10.9. The van der Waals surface area contributed by atoms with E-state index in [-0.39, 0.29) is 5.91 Å². The molecule has 0 saturated heterocycles. The van der Waals surface area contributed by atoms with Gasteiger partial charge in [-0.05, 0) is 119 Å². The summed E-state index contributed by atoms with van der Waals surface area (Å²) in [5, 5.41) is 18.3. The molecule has 2 heterocycles. The lowest BCUT2D eigenvalue weighted by atomic mass is 9.94. The fourth-order valence-corrected chi connectivity index (χ4v) is 5.47. The van der Waals surface area contributed by atoms with Gasteiger partial charge < -0.3 is 20.1 Å². The second kappa shape index (κ2) is 11.1. The van der Waals surface area contributed by atoms with Crippen LogP contribution in [-0.4, -0.2) is 33.2 Å². The summed E-state index contributed by atoms with van der Waals surface area (Å²) in [7, 11) is 1.59. The molecule has 10 heteroatoms. The van der Waals surface area contributed by atoms with Crippen molar-refractivity contribution >= 4 is 33.5 Å². The van der Waals surface area contributed by atoms with E-state index in [0.717, 1.165) is 16.7 Å². The molecule has 9 nitrogen and oxygen atoms in total. The third-order valence-electron chi connectivity index (χ3n) is 7.13. The van der Waals surface area contributed by atoms with E-state index in [0.29, 0.717) is 45.5 Å². The van der Waals surface area contributed by atoms with Gasteiger partial charge in [0.1, 0.15) is 12.6 Å². The molecule has 0 bridgehead atoms. The van der Waals surface area contributed by atoms with Gasteiger partial charge in [0.25, 0.3) is 5.91 Å². The number of aryl methyl sites for hydroxylation is 4. The number of carbonyl (C=O) groups excluding carboxylic acids is 1. The van der Waals surface area contributed by atoms with E-state index in [2.05, 4.69) is 75.0 Å². The van der Waals surface area contributed by atoms with Gasteiger partial charge in [-0.1, -0.05) is 29.4 Å². The number of allylic oxidation sites excluding steroid dienone is 1. The summed E-state index contributed by atoms with van der Waals surface area (Å²) >= 11 is 3.69. The molecule has 2 N–H and O–H groups in total. The number of nitrogens with one attached hydrogen (secondary N) is 2. The van der Waals surface area contributed by atoms with Crippen molar-refractivity contribution in [2.24, 2.45) is 0 Å². The molecule has 1 amide bonds. The summed E-state index contributed by atoms with van der Waals surface area (Å²) < 4.78 is 14.3. The van der Waals surface area contributed by atoms with Crippen molar-refractivity contribution in [3.05, 3.63) is 97.7 Å². The van der Waals surface area contributed by atoms with Gasteiger partial charge in [-0.2, -0.15) is 4.68 Å². The number of rotatable bonds is 7. The Morgan fingerprint density at radius 3 is 2.58 bits per heavy atom. The fourth-order valence-electron chi connectivity index (χ4n) is 4.90. The number of halogens is 1. The summed E-state index contributed by atoms with van der Waals surface area (Å²) in [6.07, 6.45) is 0. The first-order valence-electron chi connectivity index (χ1n) is 12.9. The van der Waals surface area contributed by atoms with Crippen LogP contribution < -0.4 is 20.1 Å². The van der Waals surface area contributed by atoms with E-state index < -0.39 is 6.04 Å². The number of benzene rings is 3. The number of hydrogen-bond acceptors (Lipinski definition) is 7. The van der Waals surface area contributed by atoms with Crippen molar-refractivity contribution in [1.29, 1.82) is 0 Å². The van der Waals surface area contributed by atoms with Gasteiger partial charge in [0.15, 0.2) is 11.5 Å². The standard InChI is InChI=1S/C30H31BrN6O3/c1-16-8-7-9-23(10-16)33-29(38)26-20(5)32-30-34-35-36-37(30)27(26)21-13-24(31)28(25(14-21)39-6)40-15-22-12-18(3)17(2)11-19(22)4/h7-14,27H,15H2,1-6H3,(H,33,38)(H,32,34,36). The van der Waals surface area contributed by atoms with Gasteiger partial charge in [0, 0.05) is 11.4 Å². The SMILES string of the molecule is COc1cc(C2C(C(=O)Nc3cccc(C)c3)=C(C)Nc3nnnn32)cc(Br)c1OCc1cc(C)c(C)cc1C. The maximum atomic E-state index is 13.7. The number of anilines is 2. The van der Waals surface area contributed by atoms with Crippen LogP contribution in [0.15, 0.2) is 64.3 Å².